The van der Waals surface area contributed by atoms with E-state index in [9.17, 15) is 18.0 Å². The monoisotopic (exact) mass is 431 g/mol. The topological polar surface area (TPSA) is 76.4 Å². The molecule has 0 bridgehead atoms. The van der Waals surface area contributed by atoms with Crippen molar-refractivity contribution in [2.75, 3.05) is 26.3 Å². The Balaban J connectivity index is 0.000000313. The Morgan fingerprint density at radius 2 is 2.14 bits per heavy atom. The highest BCUT2D eigenvalue weighted by atomic mass is 35.5. The summed E-state index contributed by atoms with van der Waals surface area (Å²) in [4.78, 5) is 10.8. The summed E-state index contributed by atoms with van der Waals surface area (Å²) in [7, 11) is 0. The second-order valence-electron chi connectivity index (χ2n) is 6.30. The van der Waals surface area contributed by atoms with E-state index < -0.39 is 23.4 Å². The van der Waals surface area contributed by atoms with Crippen LogP contribution < -0.4 is 5.32 Å². The van der Waals surface area contributed by atoms with Gasteiger partial charge in [-0.25, -0.2) is 9.48 Å². The lowest BCUT2D eigenvalue weighted by molar-refractivity contribution is -0.141. The summed E-state index contributed by atoms with van der Waals surface area (Å²) < 4.78 is 44.2. The van der Waals surface area contributed by atoms with E-state index in [2.05, 4.69) is 10.4 Å². The number of aryl methyl sites for hydroxylation is 1. The molecule has 3 rings (SSSR count). The second-order valence-corrected chi connectivity index (χ2v) is 6.71. The third kappa shape index (κ3) is 7.19. The molecule has 1 aliphatic heterocycles. The van der Waals surface area contributed by atoms with Crippen LogP contribution in [0.4, 0.5) is 13.2 Å². The fourth-order valence-corrected chi connectivity index (χ4v) is 2.58. The number of benzene rings is 1. The maximum atomic E-state index is 12.7. The van der Waals surface area contributed by atoms with Gasteiger partial charge in [-0.1, -0.05) is 35.9 Å². The number of hydrogen-bond acceptors (Lipinski definition) is 4. The third-order valence-corrected chi connectivity index (χ3v) is 4.40. The van der Waals surface area contributed by atoms with E-state index in [1.807, 2.05) is 31.2 Å². The summed E-state index contributed by atoms with van der Waals surface area (Å²) in [5, 5.41) is 16.0. The summed E-state index contributed by atoms with van der Waals surface area (Å²) in [6.07, 6.45) is -1.02. The van der Waals surface area contributed by atoms with Gasteiger partial charge in [-0.15, -0.1) is 0 Å². The molecule has 2 N–H and O–H groups in total. The number of aromatic carboxylic acids is 1. The number of rotatable bonds is 3. The predicted octanol–water partition coefficient (Wildman–Crippen LogP) is 3.96. The minimum absolute atomic E-state index is 0.0145. The molecule has 0 aliphatic carbocycles. The summed E-state index contributed by atoms with van der Waals surface area (Å²) >= 11 is 5.71. The molecule has 1 saturated heterocycles. The zero-order chi connectivity index (χ0) is 21.4. The zero-order valence-corrected chi connectivity index (χ0v) is 16.4. The Kier molecular flexibility index (Phi) is 8.24. The van der Waals surface area contributed by atoms with Gasteiger partial charge in [-0.3, -0.25) is 0 Å². The van der Waals surface area contributed by atoms with Crippen LogP contribution >= 0.6 is 11.6 Å². The fraction of sp³-hybridized carbons (Fsp3) is 0.368. The molecule has 2 aromatic rings. The first-order chi connectivity index (χ1) is 13.7. The van der Waals surface area contributed by atoms with Crippen LogP contribution in [-0.2, 0) is 10.9 Å². The SMILES string of the molecule is Cc1ccccc1Cl.O=C(O)c1cn(C=CC2CNCCOC2)nc1C(F)(F)F. The molecule has 0 radical (unpaired) electrons. The number of aromatic nitrogens is 2. The molecule has 0 amide bonds. The number of carboxylic acid groups (broad SMARTS) is 1. The van der Waals surface area contributed by atoms with Crippen molar-refractivity contribution in [1.82, 2.24) is 15.1 Å². The number of carboxylic acids is 1. The van der Waals surface area contributed by atoms with Crippen molar-refractivity contribution in [3.63, 3.8) is 0 Å². The Morgan fingerprint density at radius 1 is 1.41 bits per heavy atom. The minimum Gasteiger partial charge on any atom is -0.478 e. The summed E-state index contributed by atoms with van der Waals surface area (Å²) in [5.41, 5.74) is -1.15. The molecule has 158 valence electrons. The summed E-state index contributed by atoms with van der Waals surface area (Å²) in [6, 6.07) is 7.77. The van der Waals surface area contributed by atoms with Gasteiger partial charge in [0.15, 0.2) is 5.69 Å². The van der Waals surface area contributed by atoms with Crippen molar-refractivity contribution in [2.24, 2.45) is 5.92 Å². The highest BCUT2D eigenvalue weighted by molar-refractivity contribution is 6.31. The highest BCUT2D eigenvalue weighted by Gasteiger charge is 2.39. The van der Waals surface area contributed by atoms with E-state index in [1.165, 1.54) is 6.20 Å². The molecular formula is C19H21ClF3N3O3. The lowest BCUT2D eigenvalue weighted by atomic mass is 10.1. The Morgan fingerprint density at radius 3 is 2.69 bits per heavy atom. The van der Waals surface area contributed by atoms with Crippen LogP contribution in [0.5, 0.6) is 0 Å². The van der Waals surface area contributed by atoms with Crippen molar-refractivity contribution < 1.29 is 27.8 Å². The molecule has 1 aromatic carbocycles. The van der Waals surface area contributed by atoms with E-state index in [-0.39, 0.29) is 5.92 Å². The minimum atomic E-state index is -4.81. The van der Waals surface area contributed by atoms with Crippen molar-refractivity contribution in [2.45, 2.75) is 13.1 Å². The molecule has 10 heteroatoms. The highest BCUT2D eigenvalue weighted by Crippen LogP contribution is 2.30. The second kappa shape index (κ2) is 10.4. The molecule has 29 heavy (non-hydrogen) atoms. The smallest absolute Gasteiger partial charge is 0.436 e. The van der Waals surface area contributed by atoms with Crippen molar-refractivity contribution in [1.29, 1.82) is 0 Å². The first-order valence-corrected chi connectivity index (χ1v) is 9.14. The molecule has 1 aromatic heterocycles. The molecule has 1 aliphatic rings. The van der Waals surface area contributed by atoms with Gasteiger partial charge in [0.25, 0.3) is 0 Å². The van der Waals surface area contributed by atoms with E-state index in [1.54, 1.807) is 6.08 Å². The average molecular weight is 432 g/mol. The van der Waals surface area contributed by atoms with Crippen molar-refractivity contribution in [3.05, 3.63) is 58.4 Å². The fourth-order valence-electron chi connectivity index (χ4n) is 2.44. The van der Waals surface area contributed by atoms with E-state index in [0.717, 1.165) is 21.5 Å². The van der Waals surface area contributed by atoms with Gasteiger partial charge in [0.05, 0.1) is 13.2 Å². The number of ether oxygens (including phenoxy) is 1. The van der Waals surface area contributed by atoms with Gasteiger partial charge < -0.3 is 15.2 Å². The number of nitrogens with one attached hydrogen (secondary N) is 1. The number of hydrogen-bond donors (Lipinski definition) is 2. The van der Waals surface area contributed by atoms with Gasteiger partial charge >= 0.3 is 12.1 Å². The molecule has 1 fully saturated rings. The lowest BCUT2D eigenvalue weighted by Gasteiger charge is -2.07. The third-order valence-electron chi connectivity index (χ3n) is 3.98. The van der Waals surface area contributed by atoms with E-state index >= 15 is 0 Å². The number of alkyl halides is 3. The standard InChI is InChI=1S/C12H14F3N3O3.C7H7Cl/c13-12(14,15)10-9(11(19)20)6-18(17-10)3-1-8-5-16-2-4-21-7-8;1-6-4-2-3-5-7(6)8/h1,3,6,8,16H,2,4-5,7H2,(H,19,20);2-5H,1H3. The number of halogens is 4. The van der Waals surface area contributed by atoms with Crippen LogP contribution in [-0.4, -0.2) is 47.2 Å². The summed E-state index contributed by atoms with van der Waals surface area (Å²) in [6.45, 7) is 4.36. The molecule has 0 spiro atoms. The molecular weight excluding hydrogens is 411 g/mol. The normalized spacial score (nSPS) is 17.5. The molecule has 6 nitrogen and oxygen atoms in total. The quantitative estimate of drug-likeness (QED) is 0.769. The Labute approximate surface area is 170 Å². The van der Waals surface area contributed by atoms with Crippen LogP contribution in [0.3, 0.4) is 0 Å². The molecule has 2 heterocycles. The van der Waals surface area contributed by atoms with Crippen LogP contribution in [0.2, 0.25) is 5.02 Å². The van der Waals surface area contributed by atoms with Crippen molar-refractivity contribution >= 4 is 23.8 Å². The van der Waals surface area contributed by atoms with E-state index in [0.29, 0.717) is 26.3 Å². The predicted molar refractivity (Wildman–Crippen MR) is 103 cm³/mol. The van der Waals surface area contributed by atoms with Gasteiger partial charge in [-0.05, 0) is 18.6 Å². The average Bonchev–Trinajstić information content (AvgIpc) is 2.94. The maximum Gasteiger partial charge on any atom is 0.436 e. The van der Waals surface area contributed by atoms with Gasteiger partial charge in [0.2, 0.25) is 0 Å². The van der Waals surface area contributed by atoms with Gasteiger partial charge in [0.1, 0.15) is 5.56 Å². The first kappa shape index (κ1) is 22.9. The van der Waals surface area contributed by atoms with Gasteiger partial charge in [-0.2, -0.15) is 18.3 Å². The largest absolute Gasteiger partial charge is 0.478 e. The van der Waals surface area contributed by atoms with Crippen LogP contribution in [0.1, 0.15) is 21.6 Å². The summed E-state index contributed by atoms with van der Waals surface area (Å²) in [5.74, 6) is -1.68. The lowest BCUT2D eigenvalue weighted by Crippen LogP contribution is -2.21. The molecule has 1 unspecified atom stereocenters. The zero-order valence-electron chi connectivity index (χ0n) is 15.6. The van der Waals surface area contributed by atoms with E-state index in [4.69, 9.17) is 21.4 Å². The first-order valence-electron chi connectivity index (χ1n) is 8.76. The molecule has 0 saturated carbocycles. The number of carbonyl (C=O) groups is 1. The Bertz CT molecular complexity index is 824. The van der Waals surface area contributed by atoms with Gasteiger partial charge in [0, 0.05) is 36.4 Å². The molecule has 1 atom stereocenters. The van der Waals surface area contributed by atoms with Crippen molar-refractivity contribution in [3.8, 4) is 0 Å². The Hall–Kier alpha value is -2.36. The van der Waals surface area contributed by atoms with Crippen LogP contribution in [0.15, 0.2) is 36.5 Å². The van der Waals surface area contributed by atoms with Crippen LogP contribution in [0, 0.1) is 12.8 Å². The maximum absolute atomic E-state index is 12.7. The van der Waals surface area contributed by atoms with Crippen LogP contribution in [0.25, 0.3) is 6.20 Å². The number of nitrogens with zero attached hydrogens (tertiary/aromatic N) is 2.